The Balaban J connectivity index is 1.65. The third kappa shape index (κ3) is 3.62. The number of amides is 1. The third-order valence-corrected chi connectivity index (χ3v) is 7.12. The van der Waals surface area contributed by atoms with Crippen LogP contribution in [0.25, 0.3) is 21.6 Å². The van der Waals surface area contributed by atoms with Gasteiger partial charge in [-0.15, -0.1) is 11.3 Å². The molecule has 2 heterocycles. The number of hydrogen-bond acceptors (Lipinski definition) is 4. The van der Waals surface area contributed by atoms with Crippen LogP contribution >= 0.6 is 11.3 Å². The maximum Gasteiger partial charge on any atom is 0.263 e. The highest BCUT2D eigenvalue weighted by Gasteiger charge is 2.27. The number of thiophene rings is 1. The van der Waals surface area contributed by atoms with Crippen molar-refractivity contribution in [1.29, 1.82) is 0 Å². The van der Waals surface area contributed by atoms with Crippen molar-refractivity contribution in [2.45, 2.75) is 38.6 Å². The lowest BCUT2D eigenvalue weighted by molar-refractivity contribution is -0.118. The highest BCUT2D eigenvalue weighted by atomic mass is 32.1. The summed E-state index contributed by atoms with van der Waals surface area (Å²) in [6.07, 6.45) is 4.01. The van der Waals surface area contributed by atoms with Gasteiger partial charge in [0.25, 0.3) is 5.56 Å². The molecule has 0 radical (unpaired) electrons. The van der Waals surface area contributed by atoms with Crippen LogP contribution in [-0.4, -0.2) is 15.5 Å². The van der Waals surface area contributed by atoms with Gasteiger partial charge < -0.3 is 5.32 Å². The van der Waals surface area contributed by atoms with E-state index in [2.05, 4.69) is 5.32 Å². The maximum atomic E-state index is 13.8. The molecular formula is C25H22FN3O2S. The minimum atomic E-state index is -0.807. The number of nitrogens with one attached hydrogen (secondary N) is 1. The Kier molecular flexibility index (Phi) is 5.35. The van der Waals surface area contributed by atoms with E-state index in [0.29, 0.717) is 16.9 Å². The number of halogens is 1. The van der Waals surface area contributed by atoms with Crippen LogP contribution in [0.4, 0.5) is 10.1 Å². The second-order valence-electron chi connectivity index (χ2n) is 8.04. The summed E-state index contributed by atoms with van der Waals surface area (Å²) < 4.78 is 14.7. The van der Waals surface area contributed by atoms with Crippen molar-refractivity contribution < 1.29 is 9.18 Å². The number of hydrogen-bond donors (Lipinski definition) is 1. The van der Waals surface area contributed by atoms with Gasteiger partial charge in [0, 0.05) is 16.1 Å². The SMILES string of the molecule is CC(C(=O)Nc1ccc(F)cc1)n1c(-c2ccccc2)nc2sc3c(c2c1=O)CCCC3. The minimum Gasteiger partial charge on any atom is -0.324 e. The lowest BCUT2D eigenvalue weighted by atomic mass is 9.97. The van der Waals surface area contributed by atoms with Crippen molar-refractivity contribution in [3.63, 3.8) is 0 Å². The van der Waals surface area contributed by atoms with Gasteiger partial charge in [-0.3, -0.25) is 14.2 Å². The van der Waals surface area contributed by atoms with Gasteiger partial charge in [-0.1, -0.05) is 30.3 Å². The van der Waals surface area contributed by atoms with E-state index in [1.54, 1.807) is 18.3 Å². The van der Waals surface area contributed by atoms with Crippen molar-refractivity contribution in [2.75, 3.05) is 5.32 Å². The van der Waals surface area contributed by atoms with Gasteiger partial charge >= 0.3 is 0 Å². The molecular weight excluding hydrogens is 425 g/mol. The molecule has 1 amide bonds. The summed E-state index contributed by atoms with van der Waals surface area (Å²) in [5.41, 5.74) is 2.15. The van der Waals surface area contributed by atoms with Crippen LogP contribution in [-0.2, 0) is 17.6 Å². The van der Waals surface area contributed by atoms with E-state index in [1.807, 2.05) is 30.3 Å². The molecule has 1 aliphatic carbocycles. The van der Waals surface area contributed by atoms with Crippen molar-refractivity contribution in [1.82, 2.24) is 9.55 Å². The predicted octanol–water partition coefficient (Wildman–Crippen LogP) is 5.34. The molecule has 2 aromatic carbocycles. The highest BCUT2D eigenvalue weighted by Crippen LogP contribution is 2.35. The Labute approximate surface area is 188 Å². The Morgan fingerprint density at radius 3 is 2.56 bits per heavy atom. The largest absolute Gasteiger partial charge is 0.324 e. The van der Waals surface area contributed by atoms with Crippen LogP contribution in [0.2, 0.25) is 0 Å². The average molecular weight is 448 g/mol. The number of carbonyl (C=O) groups is 1. The summed E-state index contributed by atoms with van der Waals surface area (Å²) in [6, 6.07) is 14.2. The first-order valence-electron chi connectivity index (χ1n) is 10.7. The second-order valence-corrected chi connectivity index (χ2v) is 9.12. The number of anilines is 1. The zero-order valence-corrected chi connectivity index (χ0v) is 18.4. The van der Waals surface area contributed by atoms with Gasteiger partial charge in [0.2, 0.25) is 5.91 Å². The van der Waals surface area contributed by atoms with Gasteiger partial charge in [0.15, 0.2) is 0 Å². The number of nitrogens with zero attached hydrogens (tertiary/aromatic N) is 2. The Morgan fingerprint density at radius 2 is 1.81 bits per heavy atom. The smallest absolute Gasteiger partial charge is 0.263 e. The lowest BCUT2D eigenvalue weighted by Gasteiger charge is -2.19. The Morgan fingerprint density at radius 1 is 1.09 bits per heavy atom. The molecule has 2 aromatic heterocycles. The molecule has 0 fully saturated rings. The highest BCUT2D eigenvalue weighted by molar-refractivity contribution is 7.18. The summed E-state index contributed by atoms with van der Waals surface area (Å²) in [5.74, 6) is -0.264. The third-order valence-electron chi connectivity index (χ3n) is 5.93. The Hall–Kier alpha value is -3.32. The van der Waals surface area contributed by atoms with Crippen LogP contribution in [0.1, 0.15) is 36.2 Å². The first kappa shape index (κ1) is 20.6. The average Bonchev–Trinajstić information content (AvgIpc) is 3.19. The summed E-state index contributed by atoms with van der Waals surface area (Å²) in [7, 11) is 0. The summed E-state index contributed by atoms with van der Waals surface area (Å²) in [4.78, 5) is 33.8. The molecule has 5 rings (SSSR count). The molecule has 162 valence electrons. The van der Waals surface area contributed by atoms with Crippen LogP contribution in [0.15, 0.2) is 59.4 Å². The molecule has 0 saturated heterocycles. The van der Waals surface area contributed by atoms with Crippen LogP contribution in [0.3, 0.4) is 0 Å². The molecule has 1 unspecified atom stereocenters. The monoisotopic (exact) mass is 447 g/mol. The molecule has 4 aromatic rings. The molecule has 0 bridgehead atoms. The molecule has 1 aliphatic rings. The first-order valence-corrected chi connectivity index (χ1v) is 11.5. The number of carbonyl (C=O) groups excluding carboxylic acids is 1. The van der Waals surface area contributed by atoms with Gasteiger partial charge in [-0.2, -0.15) is 0 Å². The number of rotatable bonds is 4. The summed E-state index contributed by atoms with van der Waals surface area (Å²) in [5, 5.41) is 3.43. The normalized spacial score (nSPS) is 14.2. The van der Waals surface area contributed by atoms with Crippen molar-refractivity contribution in [2.24, 2.45) is 0 Å². The van der Waals surface area contributed by atoms with Crippen LogP contribution in [0.5, 0.6) is 0 Å². The molecule has 0 spiro atoms. The van der Waals surface area contributed by atoms with Gasteiger partial charge in [0.05, 0.1) is 5.39 Å². The van der Waals surface area contributed by atoms with Crippen molar-refractivity contribution in [3.8, 4) is 11.4 Å². The predicted molar refractivity (Wildman–Crippen MR) is 126 cm³/mol. The molecule has 0 saturated carbocycles. The second kappa shape index (κ2) is 8.31. The zero-order chi connectivity index (χ0) is 22.2. The van der Waals surface area contributed by atoms with E-state index in [-0.39, 0.29) is 17.3 Å². The topological polar surface area (TPSA) is 64.0 Å². The number of fused-ring (bicyclic) bond motifs is 3. The van der Waals surface area contributed by atoms with Crippen molar-refractivity contribution >= 4 is 33.1 Å². The number of aryl methyl sites for hydroxylation is 2. The van der Waals surface area contributed by atoms with Crippen molar-refractivity contribution in [3.05, 3.63) is 81.2 Å². The van der Waals surface area contributed by atoms with Gasteiger partial charge in [-0.05, 0) is 62.4 Å². The van der Waals surface area contributed by atoms with Crippen LogP contribution in [0, 0.1) is 5.82 Å². The van der Waals surface area contributed by atoms with E-state index < -0.39 is 6.04 Å². The lowest BCUT2D eigenvalue weighted by Crippen LogP contribution is -2.33. The van der Waals surface area contributed by atoms with E-state index in [0.717, 1.165) is 41.6 Å². The quantitative estimate of drug-likeness (QED) is 0.459. The molecule has 32 heavy (non-hydrogen) atoms. The molecule has 1 atom stereocenters. The zero-order valence-electron chi connectivity index (χ0n) is 17.6. The summed E-state index contributed by atoms with van der Waals surface area (Å²) >= 11 is 1.59. The van der Waals surface area contributed by atoms with Crippen LogP contribution < -0.4 is 10.9 Å². The minimum absolute atomic E-state index is 0.185. The maximum absolute atomic E-state index is 13.8. The number of benzene rings is 2. The van der Waals surface area contributed by atoms with E-state index in [9.17, 15) is 14.0 Å². The fraction of sp³-hybridized carbons (Fsp3) is 0.240. The van der Waals surface area contributed by atoms with Gasteiger partial charge in [-0.25, -0.2) is 9.37 Å². The number of aromatic nitrogens is 2. The van der Waals surface area contributed by atoms with Gasteiger partial charge in [0.1, 0.15) is 22.5 Å². The molecule has 5 nitrogen and oxygen atoms in total. The molecule has 1 N–H and O–H groups in total. The standard InChI is InChI=1S/C25H22FN3O2S/c1-15(23(30)27-18-13-11-17(26)12-14-18)29-22(16-7-3-2-4-8-16)28-24-21(25(29)31)19-9-5-6-10-20(19)32-24/h2-4,7-8,11-15H,5-6,9-10H2,1H3,(H,27,30). The van der Waals surface area contributed by atoms with E-state index in [4.69, 9.17) is 4.98 Å². The van der Waals surface area contributed by atoms with E-state index >= 15 is 0 Å². The molecule has 0 aliphatic heterocycles. The fourth-order valence-electron chi connectivity index (χ4n) is 4.26. The Bertz CT molecular complexity index is 1360. The fourth-order valence-corrected chi connectivity index (χ4v) is 5.52. The van der Waals surface area contributed by atoms with E-state index in [1.165, 1.54) is 33.7 Å². The first-order chi connectivity index (χ1) is 15.5. The molecule has 7 heteroatoms. The summed E-state index contributed by atoms with van der Waals surface area (Å²) in [6.45, 7) is 1.69.